The molecule has 0 heterocycles. The van der Waals surface area contributed by atoms with Crippen LogP contribution in [0.2, 0.25) is 10.0 Å². The summed E-state index contributed by atoms with van der Waals surface area (Å²) in [6, 6.07) is 5.41. The van der Waals surface area contributed by atoms with Gasteiger partial charge in [0.2, 0.25) is 0 Å². The molecule has 2 nitrogen and oxygen atoms in total. The smallest absolute Gasteiger partial charge is 0.0604 e. The molecule has 0 saturated carbocycles. The monoisotopic (exact) mass is 321 g/mol. The van der Waals surface area contributed by atoms with E-state index in [9.17, 15) is 4.21 Å². The van der Waals surface area contributed by atoms with Crippen LogP contribution in [0.4, 0.5) is 0 Å². The molecule has 2 atom stereocenters. The SMILES string of the molecule is CCCNC(CS(=O)c1ccc(Cl)c(Cl)c1)C(C)C. The van der Waals surface area contributed by atoms with E-state index in [0.717, 1.165) is 17.9 Å². The lowest BCUT2D eigenvalue weighted by Gasteiger charge is -2.21. The molecule has 108 valence electrons. The van der Waals surface area contributed by atoms with Gasteiger partial charge in [0.15, 0.2) is 0 Å². The lowest BCUT2D eigenvalue weighted by molar-refractivity contribution is 0.431. The van der Waals surface area contributed by atoms with Gasteiger partial charge in [0.1, 0.15) is 0 Å². The Hall–Kier alpha value is -0.0900. The van der Waals surface area contributed by atoms with Gasteiger partial charge in [0, 0.05) is 16.7 Å². The Morgan fingerprint density at radius 3 is 2.47 bits per heavy atom. The van der Waals surface area contributed by atoms with E-state index in [-0.39, 0.29) is 6.04 Å². The Morgan fingerprint density at radius 2 is 1.95 bits per heavy atom. The van der Waals surface area contributed by atoms with Crippen LogP contribution >= 0.6 is 23.2 Å². The predicted molar refractivity (Wildman–Crippen MR) is 84.7 cm³/mol. The van der Waals surface area contributed by atoms with Gasteiger partial charge in [-0.3, -0.25) is 4.21 Å². The Labute approximate surface area is 128 Å². The van der Waals surface area contributed by atoms with Crippen molar-refractivity contribution in [2.75, 3.05) is 12.3 Å². The highest BCUT2D eigenvalue weighted by Crippen LogP contribution is 2.24. The molecule has 2 unspecified atom stereocenters. The van der Waals surface area contributed by atoms with Gasteiger partial charge in [0.25, 0.3) is 0 Å². The van der Waals surface area contributed by atoms with Crippen LogP contribution < -0.4 is 5.32 Å². The van der Waals surface area contributed by atoms with Crippen molar-refractivity contribution in [3.8, 4) is 0 Å². The molecule has 0 aliphatic carbocycles. The van der Waals surface area contributed by atoms with Gasteiger partial charge in [-0.25, -0.2) is 0 Å². The van der Waals surface area contributed by atoms with E-state index in [1.807, 2.05) is 0 Å². The van der Waals surface area contributed by atoms with Crippen molar-refractivity contribution in [1.29, 1.82) is 0 Å². The third-order valence-electron chi connectivity index (χ3n) is 2.95. The molecule has 1 rings (SSSR count). The summed E-state index contributed by atoms with van der Waals surface area (Å²) in [5.74, 6) is 1.04. The zero-order chi connectivity index (χ0) is 14.4. The highest BCUT2D eigenvalue weighted by molar-refractivity contribution is 7.85. The summed E-state index contributed by atoms with van der Waals surface area (Å²) >= 11 is 11.8. The maximum atomic E-state index is 12.4. The van der Waals surface area contributed by atoms with Gasteiger partial charge in [-0.1, -0.05) is 44.0 Å². The summed E-state index contributed by atoms with van der Waals surface area (Å²) in [4.78, 5) is 0.735. The molecular weight excluding hydrogens is 301 g/mol. The topological polar surface area (TPSA) is 29.1 Å². The van der Waals surface area contributed by atoms with Crippen molar-refractivity contribution in [3.63, 3.8) is 0 Å². The average molecular weight is 322 g/mol. The molecule has 0 bridgehead atoms. The van der Waals surface area contributed by atoms with Gasteiger partial charge >= 0.3 is 0 Å². The van der Waals surface area contributed by atoms with Gasteiger partial charge in [-0.05, 0) is 37.1 Å². The zero-order valence-electron chi connectivity index (χ0n) is 11.6. The van der Waals surface area contributed by atoms with E-state index >= 15 is 0 Å². The summed E-state index contributed by atoms with van der Waals surface area (Å²) in [6.07, 6.45) is 1.07. The minimum Gasteiger partial charge on any atom is -0.313 e. The Morgan fingerprint density at radius 1 is 1.26 bits per heavy atom. The second kappa shape index (κ2) is 8.25. The molecule has 0 aromatic heterocycles. The van der Waals surface area contributed by atoms with Crippen LogP contribution in [0.1, 0.15) is 27.2 Å². The Bertz CT molecular complexity index is 437. The highest BCUT2D eigenvalue weighted by atomic mass is 35.5. The Balaban J connectivity index is 2.73. The van der Waals surface area contributed by atoms with Gasteiger partial charge < -0.3 is 5.32 Å². The van der Waals surface area contributed by atoms with Crippen molar-refractivity contribution in [2.45, 2.75) is 38.1 Å². The maximum Gasteiger partial charge on any atom is 0.0604 e. The first-order valence-corrected chi connectivity index (χ1v) is 8.60. The van der Waals surface area contributed by atoms with E-state index in [0.29, 0.717) is 21.7 Å². The Kier molecular flexibility index (Phi) is 7.37. The van der Waals surface area contributed by atoms with Crippen molar-refractivity contribution >= 4 is 34.0 Å². The molecule has 1 aromatic carbocycles. The molecular formula is C14H21Cl2NOS. The predicted octanol–water partition coefficient (Wildman–Crippen LogP) is 4.13. The molecule has 0 spiro atoms. The average Bonchev–Trinajstić information content (AvgIpc) is 2.37. The fraction of sp³-hybridized carbons (Fsp3) is 0.571. The second-order valence-corrected chi connectivity index (χ2v) is 7.20. The quantitative estimate of drug-likeness (QED) is 0.818. The summed E-state index contributed by atoms with van der Waals surface area (Å²) in [6.45, 7) is 7.35. The fourth-order valence-electron chi connectivity index (χ4n) is 1.69. The van der Waals surface area contributed by atoms with E-state index in [4.69, 9.17) is 23.2 Å². The molecule has 0 amide bonds. The molecule has 5 heteroatoms. The van der Waals surface area contributed by atoms with Crippen LogP contribution in [0.3, 0.4) is 0 Å². The first-order chi connectivity index (χ1) is 8.95. The van der Waals surface area contributed by atoms with Gasteiger partial charge in [-0.15, -0.1) is 0 Å². The highest BCUT2D eigenvalue weighted by Gasteiger charge is 2.17. The summed E-state index contributed by atoms with van der Waals surface area (Å²) < 4.78 is 12.4. The standard InChI is InChI=1S/C14H21Cl2NOS/c1-4-7-17-14(10(2)3)9-19(18)11-5-6-12(15)13(16)8-11/h5-6,8,10,14,17H,4,7,9H2,1-3H3. The fourth-order valence-corrected chi connectivity index (χ4v) is 3.55. The number of rotatable bonds is 7. The molecule has 1 aromatic rings. The third kappa shape index (κ3) is 5.42. The van der Waals surface area contributed by atoms with Gasteiger partial charge in [-0.2, -0.15) is 0 Å². The van der Waals surface area contributed by atoms with Crippen LogP contribution in [0.5, 0.6) is 0 Å². The largest absolute Gasteiger partial charge is 0.313 e. The maximum absolute atomic E-state index is 12.4. The lowest BCUT2D eigenvalue weighted by Crippen LogP contribution is -2.38. The van der Waals surface area contributed by atoms with Crippen LogP contribution in [-0.4, -0.2) is 22.5 Å². The van der Waals surface area contributed by atoms with Crippen LogP contribution in [0, 0.1) is 5.92 Å². The van der Waals surface area contributed by atoms with E-state index in [1.54, 1.807) is 18.2 Å². The number of benzene rings is 1. The zero-order valence-corrected chi connectivity index (χ0v) is 13.9. The number of hydrogen-bond donors (Lipinski definition) is 1. The second-order valence-electron chi connectivity index (χ2n) is 4.89. The number of hydrogen-bond acceptors (Lipinski definition) is 2. The van der Waals surface area contributed by atoms with Gasteiger partial charge in [0.05, 0.1) is 20.8 Å². The molecule has 0 aliphatic rings. The molecule has 1 N–H and O–H groups in total. The molecule has 0 fully saturated rings. The minimum absolute atomic E-state index is 0.246. The molecule has 19 heavy (non-hydrogen) atoms. The first kappa shape index (κ1) is 17.0. The molecule has 0 radical (unpaired) electrons. The van der Waals surface area contributed by atoms with Crippen molar-refractivity contribution < 1.29 is 4.21 Å². The normalized spacial score (nSPS) is 14.6. The summed E-state index contributed by atoms with van der Waals surface area (Å²) in [5, 5.41) is 4.39. The van der Waals surface area contributed by atoms with Crippen molar-refractivity contribution in [1.82, 2.24) is 5.32 Å². The summed E-state index contributed by atoms with van der Waals surface area (Å²) in [7, 11) is -1.06. The minimum atomic E-state index is -1.06. The van der Waals surface area contributed by atoms with Crippen LogP contribution in [0.15, 0.2) is 23.1 Å². The van der Waals surface area contributed by atoms with Crippen molar-refractivity contribution in [2.24, 2.45) is 5.92 Å². The third-order valence-corrected chi connectivity index (χ3v) is 5.13. The molecule has 0 aliphatic heterocycles. The molecule has 0 saturated heterocycles. The van der Waals surface area contributed by atoms with Crippen molar-refractivity contribution in [3.05, 3.63) is 28.2 Å². The number of nitrogens with one attached hydrogen (secondary N) is 1. The van der Waals surface area contributed by atoms with E-state index in [2.05, 4.69) is 26.1 Å². The lowest BCUT2D eigenvalue weighted by atomic mass is 10.1. The van der Waals surface area contributed by atoms with E-state index in [1.165, 1.54) is 0 Å². The summed E-state index contributed by atoms with van der Waals surface area (Å²) in [5.41, 5.74) is 0. The van der Waals surface area contributed by atoms with E-state index < -0.39 is 10.8 Å². The van der Waals surface area contributed by atoms with Crippen LogP contribution in [-0.2, 0) is 10.8 Å². The van der Waals surface area contributed by atoms with Crippen LogP contribution in [0.25, 0.3) is 0 Å². The number of halogens is 2. The first-order valence-electron chi connectivity index (χ1n) is 6.52.